The van der Waals surface area contributed by atoms with E-state index in [0.717, 1.165) is 56.2 Å². The number of hydrogen-bond acceptors (Lipinski definition) is 4. The van der Waals surface area contributed by atoms with E-state index in [2.05, 4.69) is 49.7 Å². The minimum Gasteiger partial charge on any atom is -0.323 e. The van der Waals surface area contributed by atoms with Crippen molar-refractivity contribution in [2.45, 2.75) is 31.7 Å². The zero-order chi connectivity index (χ0) is 21.0. The van der Waals surface area contributed by atoms with Crippen LogP contribution < -0.4 is 5.32 Å². The lowest BCUT2D eigenvalue weighted by molar-refractivity contribution is 0.211. The Kier molecular flexibility index (Phi) is 5.67. The summed E-state index contributed by atoms with van der Waals surface area (Å²) >= 11 is 0. The van der Waals surface area contributed by atoms with Gasteiger partial charge in [0, 0.05) is 49.9 Å². The van der Waals surface area contributed by atoms with Crippen molar-refractivity contribution in [1.82, 2.24) is 25.0 Å². The van der Waals surface area contributed by atoms with Crippen LogP contribution in [0, 0.1) is 0 Å². The molecule has 2 aromatic carbocycles. The number of aromatic nitrogens is 3. The van der Waals surface area contributed by atoms with E-state index in [1.54, 1.807) is 0 Å². The molecule has 0 bridgehead atoms. The molecule has 0 radical (unpaired) electrons. The van der Waals surface area contributed by atoms with Crippen LogP contribution in [0.25, 0.3) is 11.4 Å². The van der Waals surface area contributed by atoms with Crippen LogP contribution in [-0.2, 0) is 6.54 Å². The smallest absolute Gasteiger partial charge is 0.321 e. The van der Waals surface area contributed by atoms with E-state index >= 15 is 0 Å². The molecule has 1 aliphatic heterocycles. The van der Waals surface area contributed by atoms with Crippen molar-refractivity contribution in [3.63, 3.8) is 0 Å². The van der Waals surface area contributed by atoms with E-state index in [9.17, 15) is 4.79 Å². The molecule has 2 amide bonds. The number of nitrogens with zero attached hydrogens (tertiary/aromatic N) is 4. The summed E-state index contributed by atoms with van der Waals surface area (Å²) < 4.78 is 0. The standard InChI is InChI=1S/C24H28N6O/c31-24(30-14-4-13-29(15-16-30)17-18-5-2-1-3-6-18)25-21-11-9-20(10-12-21)23-26-22(27-28-23)19-7-8-19/h1-3,5-6,9-12,19H,4,7-8,13-17H2,(H,25,31)(H,26,27,28). The summed E-state index contributed by atoms with van der Waals surface area (Å²) in [5.41, 5.74) is 3.06. The molecular weight excluding hydrogens is 388 g/mol. The Morgan fingerprint density at radius 2 is 1.81 bits per heavy atom. The Balaban J connectivity index is 1.15. The molecule has 160 valence electrons. The number of benzene rings is 2. The van der Waals surface area contributed by atoms with Gasteiger partial charge in [0.25, 0.3) is 0 Å². The van der Waals surface area contributed by atoms with Crippen molar-refractivity contribution in [3.8, 4) is 11.4 Å². The highest BCUT2D eigenvalue weighted by Gasteiger charge is 2.27. The molecular formula is C24H28N6O. The fraction of sp³-hybridized carbons (Fsp3) is 0.375. The van der Waals surface area contributed by atoms with Crippen molar-refractivity contribution in [2.75, 3.05) is 31.5 Å². The Bertz CT molecular complexity index is 1010. The highest BCUT2D eigenvalue weighted by Crippen LogP contribution is 2.38. The summed E-state index contributed by atoms with van der Waals surface area (Å²) in [6, 6.07) is 18.2. The Labute approximate surface area is 182 Å². The molecule has 2 N–H and O–H groups in total. The van der Waals surface area contributed by atoms with Gasteiger partial charge >= 0.3 is 6.03 Å². The van der Waals surface area contributed by atoms with Crippen LogP contribution in [0.2, 0.25) is 0 Å². The molecule has 7 nitrogen and oxygen atoms in total. The molecule has 2 heterocycles. The number of anilines is 1. The van der Waals surface area contributed by atoms with Gasteiger partial charge in [0.15, 0.2) is 5.82 Å². The number of rotatable bonds is 5. The fourth-order valence-corrected chi connectivity index (χ4v) is 4.02. The summed E-state index contributed by atoms with van der Waals surface area (Å²) in [6.07, 6.45) is 3.37. The van der Waals surface area contributed by atoms with Crippen LogP contribution in [-0.4, -0.2) is 57.2 Å². The predicted molar refractivity (Wildman–Crippen MR) is 121 cm³/mol. The van der Waals surface area contributed by atoms with E-state index in [1.807, 2.05) is 35.2 Å². The molecule has 5 rings (SSSR count). The van der Waals surface area contributed by atoms with Gasteiger partial charge in [-0.05, 0) is 49.1 Å². The monoisotopic (exact) mass is 416 g/mol. The first-order valence-electron chi connectivity index (χ1n) is 11.1. The molecule has 3 aromatic rings. The third kappa shape index (κ3) is 4.94. The summed E-state index contributed by atoms with van der Waals surface area (Å²) in [5, 5.41) is 10.4. The first-order valence-corrected chi connectivity index (χ1v) is 11.1. The average molecular weight is 417 g/mol. The number of aromatic amines is 1. The van der Waals surface area contributed by atoms with Crippen molar-refractivity contribution >= 4 is 11.7 Å². The minimum absolute atomic E-state index is 0.0387. The lowest BCUT2D eigenvalue weighted by atomic mass is 10.2. The maximum Gasteiger partial charge on any atom is 0.321 e. The van der Waals surface area contributed by atoms with Gasteiger partial charge in [-0.25, -0.2) is 9.78 Å². The van der Waals surface area contributed by atoms with E-state index < -0.39 is 0 Å². The first-order chi connectivity index (χ1) is 15.2. The van der Waals surface area contributed by atoms with Crippen LogP contribution in [0.4, 0.5) is 10.5 Å². The first kappa shape index (κ1) is 19.8. The maximum atomic E-state index is 12.8. The minimum atomic E-state index is -0.0387. The predicted octanol–water partition coefficient (Wildman–Crippen LogP) is 4.09. The SMILES string of the molecule is O=C(Nc1ccc(-c2n[nH]c(C3CC3)n2)cc1)N1CCCN(Cc2ccccc2)CC1. The Morgan fingerprint density at radius 3 is 2.58 bits per heavy atom. The van der Waals surface area contributed by atoms with Gasteiger partial charge in [0.2, 0.25) is 0 Å². The highest BCUT2D eigenvalue weighted by molar-refractivity contribution is 5.89. The van der Waals surface area contributed by atoms with Gasteiger partial charge in [0.1, 0.15) is 5.82 Å². The van der Waals surface area contributed by atoms with E-state index in [-0.39, 0.29) is 6.03 Å². The maximum absolute atomic E-state index is 12.8. The van der Waals surface area contributed by atoms with E-state index in [1.165, 1.54) is 18.4 Å². The molecule has 2 fully saturated rings. The summed E-state index contributed by atoms with van der Waals surface area (Å²) in [7, 11) is 0. The van der Waals surface area contributed by atoms with Crippen LogP contribution in [0.5, 0.6) is 0 Å². The number of carbonyl (C=O) groups is 1. The lowest BCUT2D eigenvalue weighted by Crippen LogP contribution is -2.38. The fourth-order valence-electron chi connectivity index (χ4n) is 4.02. The summed E-state index contributed by atoms with van der Waals surface area (Å²) in [6.45, 7) is 4.33. The summed E-state index contributed by atoms with van der Waals surface area (Å²) in [5.74, 6) is 2.25. The molecule has 7 heteroatoms. The van der Waals surface area contributed by atoms with Crippen molar-refractivity contribution < 1.29 is 4.79 Å². The van der Waals surface area contributed by atoms with Crippen molar-refractivity contribution in [3.05, 3.63) is 66.0 Å². The van der Waals surface area contributed by atoms with E-state index in [4.69, 9.17) is 0 Å². The normalized spacial score (nSPS) is 17.4. The van der Waals surface area contributed by atoms with E-state index in [0.29, 0.717) is 11.7 Å². The molecule has 0 atom stereocenters. The van der Waals surface area contributed by atoms with Gasteiger partial charge in [-0.3, -0.25) is 10.00 Å². The van der Waals surface area contributed by atoms with Crippen LogP contribution in [0.3, 0.4) is 0 Å². The number of carbonyl (C=O) groups excluding carboxylic acids is 1. The Morgan fingerprint density at radius 1 is 1.00 bits per heavy atom. The number of hydrogen-bond donors (Lipinski definition) is 2. The summed E-state index contributed by atoms with van der Waals surface area (Å²) in [4.78, 5) is 21.7. The van der Waals surface area contributed by atoms with Crippen molar-refractivity contribution in [1.29, 1.82) is 0 Å². The second-order valence-corrected chi connectivity index (χ2v) is 8.43. The van der Waals surface area contributed by atoms with Gasteiger partial charge in [0.05, 0.1) is 0 Å². The third-order valence-electron chi connectivity index (χ3n) is 5.99. The molecule has 1 saturated heterocycles. The quantitative estimate of drug-likeness (QED) is 0.657. The van der Waals surface area contributed by atoms with Gasteiger partial charge < -0.3 is 10.2 Å². The van der Waals surface area contributed by atoms with Crippen LogP contribution in [0.1, 0.15) is 36.6 Å². The molecule has 1 aromatic heterocycles. The third-order valence-corrected chi connectivity index (χ3v) is 5.99. The van der Waals surface area contributed by atoms with Gasteiger partial charge in [-0.1, -0.05) is 30.3 Å². The second-order valence-electron chi connectivity index (χ2n) is 8.43. The Hall–Kier alpha value is -3.19. The number of urea groups is 1. The molecule has 1 saturated carbocycles. The number of H-pyrrole nitrogens is 1. The number of amides is 2. The van der Waals surface area contributed by atoms with Crippen LogP contribution in [0.15, 0.2) is 54.6 Å². The molecule has 0 spiro atoms. The average Bonchev–Trinajstić information content (AvgIpc) is 3.58. The van der Waals surface area contributed by atoms with Gasteiger partial charge in [-0.2, -0.15) is 5.10 Å². The highest BCUT2D eigenvalue weighted by atomic mass is 16.2. The molecule has 1 aliphatic carbocycles. The molecule has 2 aliphatic rings. The largest absolute Gasteiger partial charge is 0.323 e. The van der Waals surface area contributed by atoms with Crippen LogP contribution >= 0.6 is 0 Å². The zero-order valence-corrected chi connectivity index (χ0v) is 17.6. The molecule has 31 heavy (non-hydrogen) atoms. The number of nitrogens with one attached hydrogen (secondary N) is 2. The molecule has 0 unspecified atom stereocenters. The van der Waals surface area contributed by atoms with Gasteiger partial charge in [-0.15, -0.1) is 0 Å². The van der Waals surface area contributed by atoms with Crippen molar-refractivity contribution in [2.24, 2.45) is 0 Å². The lowest BCUT2D eigenvalue weighted by Gasteiger charge is -2.22. The topological polar surface area (TPSA) is 77.1 Å². The second kappa shape index (κ2) is 8.89. The zero-order valence-electron chi connectivity index (χ0n) is 17.6.